The first-order valence-electron chi connectivity index (χ1n) is 8.99. The molecule has 7 heteroatoms. The smallest absolute Gasteiger partial charge is 0.336 e. The van der Waals surface area contributed by atoms with Gasteiger partial charge in [-0.3, -0.25) is 9.59 Å². The van der Waals surface area contributed by atoms with E-state index < -0.39 is 29.1 Å². The third kappa shape index (κ3) is 2.61. The summed E-state index contributed by atoms with van der Waals surface area (Å²) >= 11 is 0. The van der Waals surface area contributed by atoms with Crippen LogP contribution in [0.4, 0.5) is 5.69 Å². The number of rotatable bonds is 3. The number of benzene rings is 2. The van der Waals surface area contributed by atoms with E-state index in [2.05, 4.69) is 5.32 Å². The van der Waals surface area contributed by atoms with Crippen molar-refractivity contribution in [3.8, 4) is 6.07 Å². The van der Waals surface area contributed by atoms with Gasteiger partial charge in [-0.2, -0.15) is 5.26 Å². The summed E-state index contributed by atoms with van der Waals surface area (Å²) in [4.78, 5) is 40.4. The van der Waals surface area contributed by atoms with Gasteiger partial charge in [-0.25, -0.2) is 4.79 Å². The van der Waals surface area contributed by atoms with Gasteiger partial charge in [-0.1, -0.05) is 48.5 Å². The van der Waals surface area contributed by atoms with Crippen molar-refractivity contribution in [1.29, 1.82) is 5.26 Å². The molecule has 0 aromatic heterocycles. The number of nitrogens with one attached hydrogen (secondary N) is 1. The van der Waals surface area contributed by atoms with Gasteiger partial charge in [0.1, 0.15) is 11.3 Å². The first-order chi connectivity index (χ1) is 14.0. The summed E-state index contributed by atoms with van der Waals surface area (Å²) in [6, 6.07) is 17.9. The van der Waals surface area contributed by atoms with Gasteiger partial charge in [0.2, 0.25) is 11.8 Å². The zero-order valence-corrected chi connectivity index (χ0v) is 15.6. The van der Waals surface area contributed by atoms with Crippen LogP contribution < -0.4 is 5.32 Å². The Bertz CT molecular complexity index is 1090. The second-order valence-corrected chi connectivity index (χ2v) is 6.86. The highest BCUT2D eigenvalue weighted by molar-refractivity contribution is 6.18. The van der Waals surface area contributed by atoms with Crippen LogP contribution in [0.1, 0.15) is 11.1 Å². The third-order valence-electron chi connectivity index (χ3n) is 5.36. The molecule has 2 atom stereocenters. The molecule has 2 amide bonds. The number of carbonyl (C=O) groups excluding carboxylic acids is 3. The van der Waals surface area contributed by atoms with E-state index in [1.54, 1.807) is 24.3 Å². The number of ether oxygens (including phenoxy) is 1. The first-order valence-corrected chi connectivity index (χ1v) is 8.99. The molecule has 2 heterocycles. The molecule has 0 saturated carbocycles. The highest BCUT2D eigenvalue weighted by atomic mass is 16.5. The van der Waals surface area contributed by atoms with Gasteiger partial charge in [0.25, 0.3) is 0 Å². The number of anilines is 1. The lowest BCUT2D eigenvalue weighted by Gasteiger charge is -2.39. The van der Waals surface area contributed by atoms with Gasteiger partial charge in [0.15, 0.2) is 0 Å². The Morgan fingerprint density at radius 3 is 2.55 bits per heavy atom. The van der Waals surface area contributed by atoms with Crippen LogP contribution in [0.25, 0.3) is 0 Å². The maximum Gasteiger partial charge on any atom is 0.336 e. The summed E-state index contributed by atoms with van der Waals surface area (Å²) in [6.07, 6.45) is 1.34. The number of hydrogen-bond acceptors (Lipinski definition) is 5. The monoisotopic (exact) mass is 387 g/mol. The molecule has 144 valence electrons. The van der Waals surface area contributed by atoms with Crippen molar-refractivity contribution in [3.63, 3.8) is 0 Å². The van der Waals surface area contributed by atoms with Crippen molar-refractivity contribution >= 4 is 23.5 Å². The van der Waals surface area contributed by atoms with Crippen molar-refractivity contribution in [3.05, 3.63) is 77.5 Å². The molecule has 0 fully saturated rings. The summed E-state index contributed by atoms with van der Waals surface area (Å²) in [5.41, 5.74) is -0.0737. The highest BCUT2D eigenvalue weighted by Crippen LogP contribution is 2.51. The molecule has 0 bridgehead atoms. The van der Waals surface area contributed by atoms with Gasteiger partial charge >= 0.3 is 5.97 Å². The molecule has 2 aromatic rings. The maximum absolute atomic E-state index is 13.3. The molecule has 2 aliphatic heterocycles. The van der Waals surface area contributed by atoms with Crippen LogP contribution >= 0.6 is 0 Å². The number of esters is 1. The molecule has 4 rings (SSSR count). The molecule has 2 aliphatic rings. The molecule has 2 aromatic carbocycles. The largest absolute Gasteiger partial charge is 0.466 e. The van der Waals surface area contributed by atoms with E-state index in [-0.39, 0.29) is 12.1 Å². The number of amides is 2. The fraction of sp³-hybridized carbons (Fsp3) is 0.182. The molecule has 29 heavy (non-hydrogen) atoms. The van der Waals surface area contributed by atoms with Crippen molar-refractivity contribution in [1.82, 2.24) is 4.90 Å². The van der Waals surface area contributed by atoms with Gasteiger partial charge < -0.3 is 15.0 Å². The van der Waals surface area contributed by atoms with Gasteiger partial charge in [-0.15, -0.1) is 0 Å². The van der Waals surface area contributed by atoms with Crippen molar-refractivity contribution in [2.24, 2.45) is 5.92 Å². The average molecular weight is 387 g/mol. The van der Waals surface area contributed by atoms with E-state index in [4.69, 9.17) is 4.74 Å². The van der Waals surface area contributed by atoms with E-state index in [0.29, 0.717) is 11.3 Å². The maximum atomic E-state index is 13.3. The predicted molar refractivity (Wildman–Crippen MR) is 103 cm³/mol. The summed E-state index contributed by atoms with van der Waals surface area (Å²) in [6.45, 7) is 0.164. The van der Waals surface area contributed by atoms with Crippen LogP contribution in [0.5, 0.6) is 0 Å². The summed E-state index contributed by atoms with van der Waals surface area (Å²) in [5.74, 6) is -3.30. The van der Waals surface area contributed by atoms with Crippen LogP contribution in [-0.4, -0.2) is 29.8 Å². The van der Waals surface area contributed by atoms with Crippen LogP contribution in [0.15, 0.2) is 66.4 Å². The normalized spacial score (nSPS) is 22.6. The lowest BCUT2D eigenvalue weighted by atomic mass is 9.64. The minimum Gasteiger partial charge on any atom is -0.466 e. The number of nitriles is 1. The Kier molecular flexibility index (Phi) is 4.40. The lowest BCUT2D eigenvalue weighted by molar-refractivity contribution is -0.143. The molecule has 0 radical (unpaired) electrons. The average Bonchev–Trinajstić information content (AvgIpc) is 3.03. The zero-order chi connectivity index (χ0) is 20.6. The molecular formula is C22H17N3O4. The number of methoxy groups -OCH3 is 1. The quantitative estimate of drug-likeness (QED) is 0.814. The predicted octanol–water partition coefficient (Wildman–Crippen LogP) is 2.12. The molecule has 7 nitrogen and oxygen atoms in total. The Balaban J connectivity index is 1.93. The van der Waals surface area contributed by atoms with Gasteiger partial charge in [0.05, 0.1) is 25.3 Å². The van der Waals surface area contributed by atoms with Crippen LogP contribution in [0.2, 0.25) is 0 Å². The summed E-state index contributed by atoms with van der Waals surface area (Å²) < 4.78 is 4.93. The minimum atomic E-state index is -1.75. The Labute approximate surface area is 167 Å². The molecule has 1 spiro atoms. The fourth-order valence-electron chi connectivity index (χ4n) is 4.04. The number of nitrogens with zero attached hydrogens (tertiary/aromatic N) is 2. The van der Waals surface area contributed by atoms with Gasteiger partial charge in [0, 0.05) is 11.9 Å². The second-order valence-electron chi connectivity index (χ2n) is 6.86. The van der Waals surface area contributed by atoms with E-state index in [1.807, 2.05) is 36.4 Å². The molecule has 2 unspecified atom stereocenters. The molecule has 0 aliphatic carbocycles. The lowest BCUT2D eigenvalue weighted by Crippen LogP contribution is -2.55. The van der Waals surface area contributed by atoms with Crippen molar-refractivity contribution < 1.29 is 19.1 Å². The second kappa shape index (κ2) is 6.91. The highest BCUT2D eigenvalue weighted by Gasteiger charge is 2.62. The van der Waals surface area contributed by atoms with E-state index >= 15 is 0 Å². The molecular weight excluding hydrogens is 370 g/mol. The summed E-state index contributed by atoms with van der Waals surface area (Å²) in [5, 5.41) is 12.6. The Morgan fingerprint density at radius 2 is 1.86 bits per heavy atom. The van der Waals surface area contributed by atoms with E-state index in [9.17, 15) is 19.6 Å². The van der Waals surface area contributed by atoms with Crippen LogP contribution in [-0.2, 0) is 31.1 Å². The Hall–Kier alpha value is -3.92. The number of fused-ring (bicyclic) bond motifs is 2. The first kappa shape index (κ1) is 18.4. The van der Waals surface area contributed by atoms with Crippen molar-refractivity contribution in [2.75, 3.05) is 12.4 Å². The number of para-hydroxylation sites is 1. The third-order valence-corrected chi connectivity index (χ3v) is 5.36. The minimum absolute atomic E-state index is 0.0375. The van der Waals surface area contributed by atoms with Crippen molar-refractivity contribution in [2.45, 2.75) is 12.0 Å². The standard InChI is InChI=1S/C22H17N3O4/c1-29-20(27)17-13-25(12-14-7-3-2-4-8-14)19(26)16(11-23)22(17)15-9-5-6-10-18(15)24-21(22)28/h2-10,13,16H,12H2,1H3,(H,24,28). The molecule has 1 N–H and O–H groups in total. The number of hydrogen-bond donors (Lipinski definition) is 1. The van der Waals surface area contributed by atoms with Gasteiger partial charge in [-0.05, 0) is 17.2 Å². The number of carbonyl (C=O) groups is 3. The SMILES string of the molecule is COC(=O)C1=CN(Cc2ccccc2)C(=O)C(C#N)C12C(=O)Nc1ccccc12. The van der Waals surface area contributed by atoms with E-state index in [0.717, 1.165) is 5.56 Å². The topological polar surface area (TPSA) is 99.5 Å². The Morgan fingerprint density at radius 1 is 1.17 bits per heavy atom. The molecule has 0 saturated heterocycles. The van der Waals surface area contributed by atoms with Crippen LogP contribution in [0.3, 0.4) is 0 Å². The summed E-state index contributed by atoms with van der Waals surface area (Å²) in [7, 11) is 1.20. The van der Waals surface area contributed by atoms with Crippen LogP contribution in [0, 0.1) is 17.2 Å². The van der Waals surface area contributed by atoms with E-state index in [1.165, 1.54) is 18.2 Å². The fourth-order valence-corrected chi connectivity index (χ4v) is 4.04. The zero-order valence-electron chi connectivity index (χ0n) is 15.6.